The molecule has 0 amide bonds. The number of rotatable bonds is 5. The topological polar surface area (TPSA) is 39.2 Å². The van der Waals surface area contributed by atoms with Crippen LogP contribution in [-0.2, 0) is 11.2 Å². The van der Waals surface area contributed by atoms with Gasteiger partial charge in [-0.1, -0.05) is 17.7 Å². The molecule has 2 aromatic rings. The van der Waals surface area contributed by atoms with Gasteiger partial charge in [0.1, 0.15) is 12.4 Å². The van der Waals surface area contributed by atoms with Crippen molar-refractivity contribution in [3.05, 3.63) is 45.4 Å². The number of aromatic nitrogens is 1. The number of hydrogen-bond acceptors (Lipinski definition) is 4. The summed E-state index contributed by atoms with van der Waals surface area (Å²) in [4.78, 5) is 15.9. The Balaban J connectivity index is 1.85. The Kier molecular flexibility index (Phi) is 4.33. The van der Waals surface area contributed by atoms with Crippen LogP contribution in [0.4, 0.5) is 0 Å². The number of carbonyl (C=O) groups excluding carboxylic acids is 1. The third-order valence-corrected chi connectivity index (χ3v) is 3.30. The first kappa shape index (κ1) is 13.1. The number of carbonyl (C=O) groups is 1. The van der Waals surface area contributed by atoms with Gasteiger partial charge in [-0.2, -0.15) is 0 Å². The van der Waals surface area contributed by atoms with E-state index in [2.05, 4.69) is 4.98 Å². The average Bonchev–Trinajstić information content (AvgIpc) is 2.72. The summed E-state index contributed by atoms with van der Waals surface area (Å²) in [6.45, 7) is 1.96. The van der Waals surface area contributed by atoms with Gasteiger partial charge < -0.3 is 4.74 Å². The molecule has 0 aliphatic rings. The molecule has 1 heterocycles. The summed E-state index contributed by atoms with van der Waals surface area (Å²) in [5.74, 6) is 0.602. The van der Waals surface area contributed by atoms with Crippen LogP contribution in [0.5, 0.6) is 5.75 Å². The second kappa shape index (κ2) is 5.98. The molecule has 3 nitrogen and oxygen atoms in total. The molecule has 0 atom stereocenters. The van der Waals surface area contributed by atoms with E-state index in [9.17, 15) is 4.79 Å². The molecule has 0 N–H and O–H groups in total. The quantitative estimate of drug-likeness (QED) is 0.844. The van der Waals surface area contributed by atoms with Crippen LogP contribution in [0.1, 0.15) is 10.7 Å². The average molecular weight is 282 g/mol. The zero-order valence-electron chi connectivity index (χ0n) is 9.85. The minimum absolute atomic E-state index is 0.000255. The van der Waals surface area contributed by atoms with Crippen molar-refractivity contribution in [3.63, 3.8) is 0 Å². The summed E-state index contributed by atoms with van der Waals surface area (Å²) < 4.78 is 5.37. The third-order valence-electron chi connectivity index (χ3n) is 2.24. The summed E-state index contributed by atoms with van der Waals surface area (Å²) >= 11 is 7.36. The molecule has 0 aliphatic carbocycles. The van der Waals surface area contributed by atoms with Crippen molar-refractivity contribution in [2.45, 2.75) is 13.3 Å². The van der Waals surface area contributed by atoms with Crippen molar-refractivity contribution in [3.8, 4) is 5.75 Å². The van der Waals surface area contributed by atoms with E-state index in [4.69, 9.17) is 16.3 Å². The fraction of sp³-hybridized carbons (Fsp3) is 0.231. The molecule has 0 saturated heterocycles. The van der Waals surface area contributed by atoms with E-state index in [1.165, 1.54) is 0 Å². The summed E-state index contributed by atoms with van der Waals surface area (Å²) in [5, 5.41) is 3.45. The molecular weight excluding hydrogens is 270 g/mol. The van der Waals surface area contributed by atoms with Gasteiger partial charge in [0, 0.05) is 10.4 Å². The van der Waals surface area contributed by atoms with Gasteiger partial charge in [-0.3, -0.25) is 4.79 Å². The van der Waals surface area contributed by atoms with Crippen LogP contribution in [0.2, 0.25) is 5.02 Å². The van der Waals surface area contributed by atoms with Crippen LogP contribution in [0.15, 0.2) is 29.6 Å². The first-order chi connectivity index (χ1) is 8.63. The smallest absolute Gasteiger partial charge is 0.176 e. The monoisotopic (exact) mass is 281 g/mol. The van der Waals surface area contributed by atoms with Crippen LogP contribution in [0.25, 0.3) is 0 Å². The number of halogens is 1. The summed E-state index contributed by atoms with van der Waals surface area (Å²) in [7, 11) is 0. The molecule has 0 aliphatic heterocycles. The number of nitrogens with zero attached hydrogens (tertiary/aromatic N) is 1. The predicted molar refractivity (Wildman–Crippen MR) is 72.5 cm³/mol. The summed E-state index contributed by atoms with van der Waals surface area (Å²) in [6, 6.07) is 6.99. The van der Waals surface area contributed by atoms with Crippen molar-refractivity contribution < 1.29 is 9.53 Å². The van der Waals surface area contributed by atoms with Gasteiger partial charge in [-0.25, -0.2) is 4.98 Å². The van der Waals surface area contributed by atoms with Gasteiger partial charge in [0.25, 0.3) is 0 Å². The SMILES string of the molecule is Cc1nc(CC(=O)COc2cccc(Cl)c2)cs1. The third kappa shape index (κ3) is 3.82. The first-order valence-corrected chi connectivity index (χ1v) is 6.70. The standard InChI is InChI=1S/C13H12ClNO2S/c1-9-15-11(8-18-9)6-12(16)7-17-13-4-2-3-10(14)5-13/h2-5,8H,6-7H2,1H3. The van der Waals surface area contributed by atoms with Gasteiger partial charge in [-0.05, 0) is 25.1 Å². The lowest BCUT2D eigenvalue weighted by molar-refractivity contribution is -0.120. The van der Waals surface area contributed by atoms with Gasteiger partial charge in [0.05, 0.1) is 17.1 Å². The number of aryl methyl sites for hydroxylation is 1. The molecule has 0 fully saturated rings. The van der Waals surface area contributed by atoms with Gasteiger partial charge in [0.2, 0.25) is 0 Å². The lowest BCUT2D eigenvalue weighted by atomic mass is 10.2. The van der Waals surface area contributed by atoms with E-state index in [0.717, 1.165) is 10.7 Å². The summed E-state index contributed by atoms with van der Waals surface area (Å²) in [5.41, 5.74) is 0.803. The van der Waals surface area contributed by atoms with Crippen molar-refractivity contribution >= 4 is 28.7 Å². The van der Waals surface area contributed by atoms with E-state index >= 15 is 0 Å². The number of ether oxygens (including phenoxy) is 1. The maximum atomic E-state index is 11.7. The number of thiazole rings is 1. The Morgan fingerprint density at radius 1 is 1.50 bits per heavy atom. The fourth-order valence-corrected chi connectivity index (χ4v) is 2.26. The second-order valence-corrected chi connectivity index (χ2v) is 5.32. The highest BCUT2D eigenvalue weighted by Gasteiger charge is 2.07. The maximum Gasteiger partial charge on any atom is 0.176 e. The van der Waals surface area contributed by atoms with E-state index in [1.807, 2.05) is 12.3 Å². The van der Waals surface area contributed by atoms with E-state index in [1.54, 1.807) is 35.6 Å². The van der Waals surface area contributed by atoms with E-state index in [-0.39, 0.29) is 12.4 Å². The molecule has 5 heteroatoms. The van der Waals surface area contributed by atoms with Crippen LogP contribution < -0.4 is 4.74 Å². The highest BCUT2D eigenvalue weighted by molar-refractivity contribution is 7.09. The zero-order chi connectivity index (χ0) is 13.0. The predicted octanol–water partition coefficient (Wildman–Crippen LogP) is 3.30. The fourth-order valence-electron chi connectivity index (χ4n) is 1.46. The van der Waals surface area contributed by atoms with E-state index in [0.29, 0.717) is 17.2 Å². The molecule has 0 radical (unpaired) electrons. The van der Waals surface area contributed by atoms with Gasteiger partial charge in [0.15, 0.2) is 5.78 Å². The molecule has 0 unspecified atom stereocenters. The number of ketones is 1. The first-order valence-electron chi connectivity index (χ1n) is 5.44. The molecule has 0 bridgehead atoms. The molecular formula is C13H12ClNO2S. The molecule has 2 rings (SSSR count). The van der Waals surface area contributed by atoms with Crippen molar-refractivity contribution in [2.24, 2.45) is 0 Å². The van der Waals surface area contributed by atoms with E-state index < -0.39 is 0 Å². The number of benzene rings is 1. The van der Waals surface area contributed by atoms with Crippen molar-refractivity contribution in [1.82, 2.24) is 4.98 Å². The zero-order valence-corrected chi connectivity index (χ0v) is 11.4. The van der Waals surface area contributed by atoms with Gasteiger partial charge in [-0.15, -0.1) is 11.3 Å². The van der Waals surface area contributed by atoms with Gasteiger partial charge >= 0.3 is 0 Å². The largest absolute Gasteiger partial charge is 0.486 e. The Bertz CT molecular complexity index is 553. The molecule has 1 aromatic heterocycles. The summed E-state index contributed by atoms with van der Waals surface area (Å²) in [6.07, 6.45) is 0.310. The maximum absolute atomic E-state index is 11.7. The van der Waals surface area contributed by atoms with Crippen LogP contribution in [0.3, 0.4) is 0 Å². The minimum atomic E-state index is 0.000255. The van der Waals surface area contributed by atoms with Crippen LogP contribution in [-0.4, -0.2) is 17.4 Å². The minimum Gasteiger partial charge on any atom is -0.486 e. The molecule has 18 heavy (non-hydrogen) atoms. The highest BCUT2D eigenvalue weighted by Crippen LogP contribution is 2.17. The number of Topliss-reactive ketones (excluding diaryl/α,β-unsaturated/α-hetero) is 1. The molecule has 94 valence electrons. The number of hydrogen-bond donors (Lipinski definition) is 0. The van der Waals surface area contributed by atoms with Crippen LogP contribution in [0, 0.1) is 6.92 Å². The Morgan fingerprint density at radius 3 is 3.00 bits per heavy atom. The lowest BCUT2D eigenvalue weighted by Gasteiger charge is -2.04. The Hall–Kier alpha value is -1.39. The normalized spacial score (nSPS) is 10.3. The van der Waals surface area contributed by atoms with Crippen LogP contribution >= 0.6 is 22.9 Å². The van der Waals surface area contributed by atoms with Crippen molar-refractivity contribution in [2.75, 3.05) is 6.61 Å². The molecule has 0 spiro atoms. The lowest BCUT2D eigenvalue weighted by Crippen LogP contribution is -2.14. The highest BCUT2D eigenvalue weighted by atomic mass is 35.5. The Morgan fingerprint density at radius 2 is 2.33 bits per heavy atom. The molecule has 0 saturated carbocycles. The molecule has 1 aromatic carbocycles. The Labute approximate surface area is 114 Å². The van der Waals surface area contributed by atoms with Crippen molar-refractivity contribution in [1.29, 1.82) is 0 Å². The second-order valence-electron chi connectivity index (χ2n) is 3.82.